The molecule has 3 aromatic rings. The second kappa shape index (κ2) is 8.23. The van der Waals surface area contributed by atoms with Crippen LogP contribution in [0.4, 0.5) is 17.2 Å². The van der Waals surface area contributed by atoms with Crippen molar-refractivity contribution in [2.24, 2.45) is 0 Å². The number of hydrogen-bond donors (Lipinski definition) is 2. The highest BCUT2D eigenvalue weighted by Crippen LogP contribution is 2.29. The number of pyridine rings is 1. The Hall–Kier alpha value is -3.54. The first kappa shape index (κ1) is 18.3. The number of ether oxygens (including phenoxy) is 2. The smallest absolute Gasteiger partial charge is 0.338 e. The standard InChI is InChI=1S/C21H21N3O3/c1-3-27-21(25)16-5-4-6-17(11-16)24-20-13-15(9-10-23-20)14-7-8-19(26-2)18(22)12-14/h4-13H,3,22H2,1-2H3,(H,23,24). The summed E-state index contributed by atoms with van der Waals surface area (Å²) in [7, 11) is 1.59. The van der Waals surface area contributed by atoms with Crippen LogP contribution in [0.25, 0.3) is 11.1 Å². The number of nitrogen functional groups attached to an aromatic ring is 1. The lowest BCUT2D eigenvalue weighted by Gasteiger charge is -2.10. The molecule has 0 aliphatic rings. The molecule has 0 saturated heterocycles. The molecule has 6 heteroatoms. The maximum absolute atomic E-state index is 11.9. The molecule has 3 N–H and O–H groups in total. The van der Waals surface area contributed by atoms with Gasteiger partial charge < -0.3 is 20.5 Å². The van der Waals surface area contributed by atoms with E-state index in [2.05, 4.69) is 10.3 Å². The van der Waals surface area contributed by atoms with Crippen molar-refractivity contribution in [2.75, 3.05) is 24.8 Å². The number of hydrogen-bond acceptors (Lipinski definition) is 6. The Bertz CT molecular complexity index is 957. The number of carbonyl (C=O) groups is 1. The summed E-state index contributed by atoms with van der Waals surface area (Å²) >= 11 is 0. The topological polar surface area (TPSA) is 86.5 Å². The molecule has 0 amide bonds. The summed E-state index contributed by atoms with van der Waals surface area (Å²) in [6.07, 6.45) is 1.72. The van der Waals surface area contributed by atoms with E-state index in [1.165, 1.54) is 0 Å². The number of benzene rings is 2. The Kier molecular flexibility index (Phi) is 5.56. The van der Waals surface area contributed by atoms with Gasteiger partial charge in [-0.05, 0) is 60.5 Å². The summed E-state index contributed by atoms with van der Waals surface area (Å²) in [5, 5.41) is 3.21. The van der Waals surface area contributed by atoms with Crippen molar-refractivity contribution < 1.29 is 14.3 Å². The molecule has 138 valence electrons. The molecule has 0 bridgehead atoms. The van der Waals surface area contributed by atoms with Crippen LogP contribution in [0.15, 0.2) is 60.8 Å². The molecule has 2 aromatic carbocycles. The van der Waals surface area contributed by atoms with Gasteiger partial charge in [0.25, 0.3) is 0 Å². The number of esters is 1. The second-order valence-electron chi connectivity index (χ2n) is 5.81. The Balaban J connectivity index is 1.83. The van der Waals surface area contributed by atoms with E-state index in [-0.39, 0.29) is 5.97 Å². The van der Waals surface area contributed by atoms with Gasteiger partial charge in [-0.2, -0.15) is 0 Å². The Morgan fingerprint density at radius 1 is 1.11 bits per heavy atom. The van der Waals surface area contributed by atoms with E-state index in [1.54, 1.807) is 38.4 Å². The minimum Gasteiger partial charge on any atom is -0.495 e. The summed E-state index contributed by atoms with van der Waals surface area (Å²) in [6, 6.07) is 16.6. The summed E-state index contributed by atoms with van der Waals surface area (Å²) in [6.45, 7) is 2.12. The third-order valence-electron chi connectivity index (χ3n) is 3.97. The Morgan fingerprint density at radius 2 is 1.93 bits per heavy atom. The molecule has 0 saturated carbocycles. The van der Waals surface area contributed by atoms with Crippen molar-refractivity contribution in [3.63, 3.8) is 0 Å². The number of rotatable bonds is 6. The third-order valence-corrected chi connectivity index (χ3v) is 3.97. The van der Waals surface area contributed by atoms with Gasteiger partial charge in [0.1, 0.15) is 11.6 Å². The average Bonchev–Trinajstić information content (AvgIpc) is 2.68. The fourth-order valence-electron chi connectivity index (χ4n) is 2.68. The lowest BCUT2D eigenvalue weighted by Crippen LogP contribution is -2.05. The van der Waals surface area contributed by atoms with Crippen LogP contribution in [0, 0.1) is 0 Å². The van der Waals surface area contributed by atoms with Gasteiger partial charge in [-0.3, -0.25) is 0 Å². The lowest BCUT2D eigenvalue weighted by molar-refractivity contribution is 0.0526. The molecule has 3 rings (SSSR count). The minimum absolute atomic E-state index is 0.338. The normalized spacial score (nSPS) is 10.3. The molecule has 27 heavy (non-hydrogen) atoms. The summed E-state index contributed by atoms with van der Waals surface area (Å²) in [5.74, 6) is 0.946. The number of anilines is 3. The van der Waals surface area contributed by atoms with Crippen molar-refractivity contribution >= 4 is 23.2 Å². The summed E-state index contributed by atoms with van der Waals surface area (Å²) in [5.41, 5.74) is 9.73. The number of nitrogens with zero attached hydrogens (tertiary/aromatic N) is 1. The van der Waals surface area contributed by atoms with Crippen LogP contribution < -0.4 is 15.8 Å². The molecule has 0 atom stereocenters. The van der Waals surface area contributed by atoms with E-state index >= 15 is 0 Å². The van der Waals surface area contributed by atoms with Crippen LogP contribution in [0.5, 0.6) is 5.75 Å². The van der Waals surface area contributed by atoms with E-state index in [0.717, 1.165) is 16.8 Å². The zero-order chi connectivity index (χ0) is 19.2. The van der Waals surface area contributed by atoms with Gasteiger partial charge in [0, 0.05) is 11.9 Å². The highest BCUT2D eigenvalue weighted by molar-refractivity contribution is 5.90. The Morgan fingerprint density at radius 3 is 2.67 bits per heavy atom. The van der Waals surface area contributed by atoms with E-state index < -0.39 is 0 Å². The van der Waals surface area contributed by atoms with Gasteiger partial charge in [-0.25, -0.2) is 9.78 Å². The molecule has 0 spiro atoms. The fraction of sp³-hybridized carbons (Fsp3) is 0.143. The second-order valence-corrected chi connectivity index (χ2v) is 5.81. The van der Waals surface area contributed by atoms with E-state index in [1.807, 2.05) is 36.4 Å². The zero-order valence-electron chi connectivity index (χ0n) is 15.2. The largest absolute Gasteiger partial charge is 0.495 e. The summed E-state index contributed by atoms with van der Waals surface area (Å²) < 4.78 is 10.2. The number of nitrogens with two attached hydrogens (primary N) is 1. The Labute approximate surface area is 158 Å². The van der Waals surface area contributed by atoms with Crippen molar-refractivity contribution in [1.82, 2.24) is 4.98 Å². The van der Waals surface area contributed by atoms with Crippen LogP contribution >= 0.6 is 0 Å². The lowest BCUT2D eigenvalue weighted by atomic mass is 10.1. The van der Waals surface area contributed by atoms with E-state index in [4.69, 9.17) is 15.2 Å². The van der Waals surface area contributed by atoms with Crippen molar-refractivity contribution in [1.29, 1.82) is 0 Å². The van der Waals surface area contributed by atoms with Gasteiger partial charge in [0.05, 0.1) is 25.0 Å². The van der Waals surface area contributed by atoms with Crippen LogP contribution in [0.3, 0.4) is 0 Å². The monoisotopic (exact) mass is 363 g/mol. The van der Waals surface area contributed by atoms with Crippen LogP contribution in [-0.4, -0.2) is 24.7 Å². The SMILES string of the molecule is CCOC(=O)c1cccc(Nc2cc(-c3ccc(OC)c(N)c3)ccn2)c1. The first-order valence-corrected chi connectivity index (χ1v) is 8.55. The minimum atomic E-state index is -0.350. The quantitative estimate of drug-likeness (QED) is 0.503. The molecule has 1 heterocycles. The molecule has 0 unspecified atom stereocenters. The third kappa shape index (κ3) is 4.36. The van der Waals surface area contributed by atoms with Crippen LogP contribution in [-0.2, 0) is 4.74 Å². The first-order chi connectivity index (χ1) is 13.1. The molecule has 0 fully saturated rings. The van der Waals surface area contributed by atoms with Gasteiger partial charge in [0.2, 0.25) is 0 Å². The number of methoxy groups -OCH3 is 1. The molecular formula is C21H21N3O3. The van der Waals surface area contributed by atoms with Crippen molar-refractivity contribution in [3.05, 3.63) is 66.4 Å². The van der Waals surface area contributed by atoms with E-state index in [0.29, 0.717) is 29.4 Å². The molecule has 6 nitrogen and oxygen atoms in total. The predicted octanol–water partition coefficient (Wildman–Crippen LogP) is 4.26. The van der Waals surface area contributed by atoms with Crippen LogP contribution in [0.2, 0.25) is 0 Å². The van der Waals surface area contributed by atoms with E-state index in [9.17, 15) is 4.79 Å². The molecule has 1 aromatic heterocycles. The maximum Gasteiger partial charge on any atom is 0.338 e. The molecule has 0 radical (unpaired) electrons. The maximum atomic E-state index is 11.9. The molecular weight excluding hydrogens is 342 g/mol. The van der Waals surface area contributed by atoms with Gasteiger partial charge in [0.15, 0.2) is 0 Å². The van der Waals surface area contributed by atoms with Crippen LogP contribution in [0.1, 0.15) is 17.3 Å². The first-order valence-electron chi connectivity index (χ1n) is 8.55. The number of nitrogens with one attached hydrogen (secondary N) is 1. The predicted molar refractivity (Wildman–Crippen MR) is 106 cm³/mol. The average molecular weight is 363 g/mol. The van der Waals surface area contributed by atoms with Crippen molar-refractivity contribution in [2.45, 2.75) is 6.92 Å². The van der Waals surface area contributed by atoms with Gasteiger partial charge in [-0.1, -0.05) is 12.1 Å². The number of carbonyl (C=O) groups excluding carboxylic acids is 1. The van der Waals surface area contributed by atoms with Crippen molar-refractivity contribution in [3.8, 4) is 16.9 Å². The van der Waals surface area contributed by atoms with Gasteiger partial charge in [-0.15, -0.1) is 0 Å². The highest BCUT2D eigenvalue weighted by atomic mass is 16.5. The number of aromatic nitrogens is 1. The highest BCUT2D eigenvalue weighted by Gasteiger charge is 2.08. The molecule has 0 aliphatic carbocycles. The molecule has 0 aliphatic heterocycles. The zero-order valence-corrected chi connectivity index (χ0v) is 15.2. The fourth-order valence-corrected chi connectivity index (χ4v) is 2.68. The van der Waals surface area contributed by atoms with Gasteiger partial charge >= 0.3 is 5.97 Å². The summed E-state index contributed by atoms with van der Waals surface area (Å²) in [4.78, 5) is 16.2.